The first-order valence-corrected chi connectivity index (χ1v) is 8.74. The van der Waals surface area contributed by atoms with E-state index in [0.717, 1.165) is 48.4 Å². The van der Waals surface area contributed by atoms with Crippen LogP contribution in [0.25, 0.3) is 5.52 Å². The van der Waals surface area contributed by atoms with E-state index in [9.17, 15) is 4.79 Å². The zero-order chi connectivity index (χ0) is 17.4. The second-order valence-electron chi connectivity index (χ2n) is 6.80. The fourth-order valence-corrected chi connectivity index (χ4v) is 3.60. The lowest BCUT2D eigenvalue weighted by atomic mass is 9.91. The third kappa shape index (κ3) is 3.14. The van der Waals surface area contributed by atoms with Crippen LogP contribution in [0.5, 0.6) is 0 Å². The summed E-state index contributed by atoms with van der Waals surface area (Å²) in [5.74, 6) is 0.873. The summed E-state index contributed by atoms with van der Waals surface area (Å²) >= 11 is 0. The van der Waals surface area contributed by atoms with Crippen molar-refractivity contribution in [1.29, 1.82) is 0 Å². The average Bonchev–Trinajstić information content (AvgIpc) is 2.99. The minimum absolute atomic E-state index is 0.0109. The Morgan fingerprint density at radius 2 is 1.88 bits per heavy atom. The van der Waals surface area contributed by atoms with Gasteiger partial charge in [0, 0.05) is 24.5 Å². The number of nitrogens with one attached hydrogen (secondary N) is 1. The van der Waals surface area contributed by atoms with E-state index in [1.807, 2.05) is 30.6 Å². The lowest BCUT2D eigenvalue weighted by molar-refractivity contribution is 0.302. The molecule has 1 fully saturated rings. The van der Waals surface area contributed by atoms with Crippen molar-refractivity contribution in [2.75, 3.05) is 5.32 Å². The number of rotatable bonds is 3. The second-order valence-corrected chi connectivity index (χ2v) is 6.80. The first-order chi connectivity index (χ1) is 12.1. The van der Waals surface area contributed by atoms with Gasteiger partial charge >= 0.3 is 0 Å². The predicted molar refractivity (Wildman–Crippen MR) is 95.9 cm³/mol. The molecule has 0 amide bonds. The van der Waals surface area contributed by atoms with Crippen LogP contribution >= 0.6 is 0 Å². The number of nitrogens with zero attached hydrogens (tertiary/aromatic N) is 5. The third-order valence-corrected chi connectivity index (χ3v) is 4.85. The van der Waals surface area contributed by atoms with E-state index in [4.69, 9.17) is 0 Å². The van der Waals surface area contributed by atoms with Gasteiger partial charge in [-0.25, -0.2) is 14.2 Å². The molecule has 0 aliphatic heterocycles. The highest BCUT2D eigenvalue weighted by Crippen LogP contribution is 2.29. The van der Waals surface area contributed by atoms with Gasteiger partial charge in [-0.15, -0.1) is 0 Å². The summed E-state index contributed by atoms with van der Waals surface area (Å²) in [6.07, 6.45) is 7.49. The monoisotopic (exact) mass is 338 g/mol. The number of aromatic nitrogens is 5. The van der Waals surface area contributed by atoms with E-state index in [1.165, 1.54) is 0 Å². The van der Waals surface area contributed by atoms with E-state index in [2.05, 4.69) is 20.5 Å². The minimum Gasteiger partial charge on any atom is -0.366 e. The molecule has 1 saturated carbocycles. The Labute approximate surface area is 145 Å². The van der Waals surface area contributed by atoms with Crippen LogP contribution in [0.2, 0.25) is 0 Å². The van der Waals surface area contributed by atoms with Crippen molar-refractivity contribution in [1.82, 2.24) is 24.4 Å². The fourth-order valence-electron chi connectivity index (χ4n) is 3.60. The predicted octanol–water partition coefficient (Wildman–Crippen LogP) is 2.50. The summed E-state index contributed by atoms with van der Waals surface area (Å²) in [4.78, 5) is 16.5. The van der Waals surface area contributed by atoms with Gasteiger partial charge in [0.1, 0.15) is 5.52 Å². The largest absolute Gasteiger partial charge is 0.366 e. The lowest BCUT2D eigenvalue weighted by Crippen LogP contribution is -2.33. The summed E-state index contributed by atoms with van der Waals surface area (Å²) in [7, 11) is 0. The van der Waals surface area contributed by atoms with E-state index in [1.54, 1.807) is 23.0 Å². The molecular formula is C18H22N6O. The molecule has 130 valence electrons. The quantitative estimate of drug-likeness (QED) is 0.794. The molecule has 0 radical (unpaired) electrons. The summed E-state index contributed by atoms with van der Waals surface area (Å²) in [5.41, 5.74) is 2.85. The number of hydrogen-bond donors (Lipinski definition) is 1. The standard InChI is InChI=1S/C18H22N6O/c1-12-3-8-17(25)24(22-12)15-6-4-14(5-7-15)20-18-16-11-13(2)21-23(16)10-9-19-18/h3,8-11,14-15H,4-7H2,1-2H3,(H,19,20). The van der Waals surface area contributed by atoms with Crippen LogP contribution in [-0.2, 0) is 0 Å². The van der Waals surface area contributed by atoms with E-state index >= 15 is 0 Å². The Morgan fingerprint density at radius 1 is 1.08 bits per heavy atom. The molecule has 4 rings (SSSR count). The molecular weight excluding hydrogens is 316 g/mol. The zero-order valence-corrected chi connectivity index (χ0v) is 14.5. The molecule has 3 aromatic heterocycles. The van der Waals surface area contributed by atoms with Crippen LogP contribution in [0.4, 0.5) is 5.82 Å². The lowest BCUT2D eigenvalue weighted by Gasteiger charge is -2.30. The van der Waals surface area contributed by atoms with Crippen molar-refractivity contribution >= 4 is 11.3 Å². The molecule has 1 aliphatic carbocycles. The third-order valence-electron chi connectivity index (χ3n) is 4.85. The van der Waals surface area contributed by atoms with E-state index < -0.39 is 0 Å². The number of hydrogen-bond acceptors (Lipinski definition) is 5. The topological polar surface area (TPSA) is 77.1 Å². The van der Waals surface area contributed by atoms with E-state index in [0.29, 0.717) is 6.04 Å². The van der Waals surface area contributed by atoms with Gasteiger partial charge in [0.25, 0.3) is 5.56 Å². The van der Waals surface area contributed by atoms with Crippen molar-refractivity contribution < 1.29 is 0 Å². The van der Waals surface area contributed by atoms with Crippen LogP contribution in [0.15, 0.2) is 35.4 Å². The van der Waals surface area contributed by atoms with Crippen LogP contribution < -0.4 is 10.9 Å². The first-order valence-electron chi connectivity index (χ1n) is 8.74. The van der Waals surface area contributed by atoms with Gasteiger partial charge in [0.2, 0.25) is 0 Å². The van der Waals surface area contributed by atoms with Gasteiger partial charge in [0.05, 0.1) is 17.4 Å². The molecule has 25 heavy (non-hydrogen) atoms. The summed E-state index contributed by atoms with van der Waals surface area (Å²) < 4.78 is 3.51. The van der Waals surface area contributed by atoms with Crippen LogP contribution in [0.3, 0.4) is 0 Å². The Hall–Kier alpha value is -2.70. The highest BCUT2D eigenvalue weighted by Gasteiger charge is 2.24. The SMILES string of the molecule is Cc1ccc(=O)n(C2CCC(Nc3nccn4nc(C)cc34)CC2)n1. The highest BCUT2D eigenvalue weighted by atomic mass is 16.1. The van der Waals surface area contributed by atoms with Crippen LogP contribution in [0, 0.1) is 13.8 Å². The minimum atomic E-state index is -0.0109. The zero-order valence-electron chi connectivity index (χ0n) is 14.5. The van der Waals surface area contributed by atoms with E-state index in [-0.39, 0.29) is 11.6 Å². The van der Waals surface area contributed by atoms with Gasteiger partial charge in [0.15, 0.2) is 5.82 Å². The summed E-state index contributed by atoms with van der Waals surface area (Å²) in [6, 6.07) is 5.96. The van der Waals surface area contributed by atoms with Crippen LogP contribution in [-0.4, -0.2) is 30.4 Å². The highest BCUT2D eigenvalue weighted by molar-refractivity contribution is 5.68. The van der Waals surface area contributed by atoms with Crippen molar-refractivity contribution in [2.24, 2.45) is 0 Å². The Kier molecular flexibility index (Phi) is 3.99. The Balaban J connectivity index is 1.47. The molecule has 7 nitrogen and oxygen atoms in total. The molecule has 3 aromatic rings. The Bertz CT molecular complexity index is 952. The number of anilines is 1. The second kappa shape index (κ2) is 6.31. The molecule has 0 spiro atoms. The van der Waals surface area contributed by atoms with Crippen molar-refractivity contribution in [2.45, 2.75) is 51.6 Å². The molecule has 0 aromatic carbocycles. The Morgan fingerprint density at radius 3 is 2.68 bits per heavy atom. The summed E-state index contributed by atoms with van der Waals surface area (Å²) in [5, 5.41) is 12.4. The molecule has 7 heteroatoms. The molecule has 0 atom stereocenters. The van der Waals surface area contributed by atoms with Crippen molar-refractivity contribution in [3.8, 4) is 0 Å². The average molecular weight is 338 g/mol. The molecule has 1 aliphatic rings. The smallest absolute Gasteiger partial charge is 0.267 e. The van der Waals surface area contributed by atoms with Gasteiger partial charge in [-0.05, 0) is 51.7 Å². The molecule has 0 bridgehead atoms. The fraction of sp³-hybridized carbons (Fsp3) is 0.444. The molecule has 0 saturated heterocycles. The number of aryl methyl sites for hydroxylation is 2. The van der Waals surface area contributed by atoms with Gasteiger partial charge in [-0.1, -0.05) is 0 Å². The first kappa shape index (κ1) is 15.8. The molecule has 3 heterocycles. The van der Waals surface area contributed by atoms with Crippen molar-refractivity contribution in [3.63, 3.8) is 0 Å². The number of fused-ring (bicyclic) bond motifs is 1. The maximum atomic E-state index is 12.1. The van der Waals surface area contributed by atoms with Crippen molar-refractivity contribution in [3.05, 3.63) is 52.3 Å². The van der Waals surface area contributed by atoms with Gasteiger partial charge in [-0.3, -0.25) is 4.79 Å². The van der Waals surface area contributed by atoms with Crippen LogP contribution in [0.1, 0.15) is 43.1 Å². The summed E-state index contributed by atoms with van der Waals surface area (Å²) in [6.45, 7) is 3.90. The van der Waals surface area contributed by atoms with Gasteiger partial charge in [-0.2, -0.15) is 10.2 Å². The maximum Gasteiger partial charge on any atom is 0.267 e. The maximum absolute atomic E-state index is 12.1. The molecule has 0 unspecified atom stereocenters. The molecule has 1 N–H and O–H groups in total. The normalized spacial score (nSPS) is 20.7. The van der Waals surface area contributed by atoms with Gasteiger partial charge < -0.3 is 5.32 Å².